The molecule has 2 aliphatic rings. The van der Waals surface area contributed by atoms with Crippen LogP contribution in [0.1, 0.15) is 140 Å². The third kappa shape index (κ3) is 27.2. The van der Waals surface area contributed by atoms with E-state index in [1.807, 2.05) is 34.7 Å². The minimum atomic E-state index is -1.13. The summed E-state index contributed by atoms with van der Waals surface area (Å²) in [6, 6.07) is 1.99. The number of nitrogens with zero attached hydrogens (tertiary/aromatic N) is 3. The number of ketones is 2. The minimum absolute atomic E-state index is 0.00302. The van der Waals surface area contributed by atoms with Gasteiger partial charge in [0.05, 0.1) is 88.7 Å². The summed E-state index contributed by atoms with van der Waals surface area (Å²) in [6.07, 6.45) is 1.06. The molecule has 2 aliphatic heterocycles. The molecule has 2 aromatic rings. The number of benzene rings is 1. The Labute approximate surface area is 526 Å². The quantitative estimate of drug-likeness (QED) is 0.0676. The number of aliphatic carboxylic acids is 1. The number of carboxylic acid groups (broad SMARTS) is 1. The molecule has 1 fully saturated rings. The summed E-state index contributed by atoms with van der Waals surface area (Å²) in [5, 5.41) is 25.6. The predicted octanol–water partition coefficient (Wildman–Crippen LogP) is 4.57. The van der Waals surface area contributed by atoms with Crippen LogP contribution >= 0.6 is 11.3 Å². The highest BCUT2D eigenvalue weighted by molar-refractivity contribution is 7.09. The minimum Gasteiger partial charge on any atom is -0.481 e. The number of allylic oxidation sites excluding steroid dienone is 1. The Balaban J connectivity index is 1.52. The number of likely N-dealkylation sites (tertiary alicyclic amines) is 1. The lowest BCUT2D eigenvalue weighted by Gasteiger charge is -2.37. The zero-order valence-electron chi connectivity index (χ0n) is 53.0. The van der Waals surface area contributed by atoms with Crippen LogP contribution in [0.15, 0.2) is 35.9 Å². The van der Waals surface area contributed by atoms with Crippen LogP contribution in [-0.2, 0) is 73.3 Å². The number of hydrogen-bond donors (Lipinski definition) is 6. The SMILES string of the molecule is C=C1C#CC(=O)NCCOCCOCCC(=O)Oc2ccc(C[C@@H](CC(C)C(=O)O)NC(=O)c3csc([C@@H](C[C@H](C(C)C)N(C)C(=O)[C@@H](CC(=O)[C@H]4CCCCN4C)C(C)C)OC(C)=O)n3)cc2NC(=O)CCC(=O)C(C)NC(=O)CCOCCOCCN1. The molecule has 7 atom stereocenters. The molecule has 0 radical (unpaired) electrons. The van der Waals surface area contributed by atoms with E-state index in [1.54, 1.807) is 18.0 Å². The molecule has 2 unspecified atom stereocenters. The predicted molar refractivity (Wildman–Crippen MR) is 330 cm³/mol. The van der Waals surface area contributed by atoms with Crippen molar-refractivity contribution in [1.82, 2.24) is 36.1 Å². The molecule has 0 spiro atoms. The first-order valence-electron chi connectivity index (χ1n) is 30.5. The van der Waals surface area contributed by atoms with E-state index in [4.69, 9.17) is 28.4 Å². The van der Waals surface area contributed by atoms with Gasteiger partial charge in [0.25, 0.3) is 11.8 Å². The number of anilines is 1. The van der Waals surface area contributed by atoms with E-state index in [0.717, 1.165) is 37.1 Å². The molecule has 1 saturated heterocycles. The summed E-state index contributed by atoms with van der Waals surface area (Å²) in [7, 11) is 3.63. The lowest BCUT2D eigenvalue weighted by Crippen LogP contribution is -2.48. The Kier molecular flexibility index (Phi) is 32.6. The lowest BCUT2D eigenvalue weighted by molar-refractivity contribution is -0.149. The number of ether oxygens (including phenoxy) is 6. The second kappa shape index (κ2) is 39.1. The molecular weight excluding hydrogens is 1170 g/mol. The van der Waals surface area contributed by atoms with Gasteiger partial charge in [-0.25, -0.2) is 4.98 Å². The van der Waals surface area contributed by atoms with Crippen molar-refractivity contribution in [2.24, 2.45) is 23.7 Å². The third-order valence-electron chi connectivity index (χ3n) is 15.1. The Morgan fingerprint density at radius 1 is 0.854 bits per heavy atom. The molecule has 6 N–H and O–H groups in total. The molecule has 26 heteroatoms. The Hall–Kier alpha value is -7.15. The lowest BCUT2D eigenvalue weighted by atomic mass is 9.84. The van der Waals surface area contributed by atoms with Crippen molar-refractivity contribution in [3.8, 4) is 17.6 Å². The van der Waals surface area contributed by atoms with Crippen LogP contribution in [-0.4, -0.2) is 190 Å². The fourth-order valence-corrected chi connectivity index (χ4v) is 10.8. The van der Waals surface area contributed by atoms with Crippen LogP contribution in [0.5, 0.6) is 5.75 Å². The number of nitrogens with one attached hydrogen (secondary N) is 5. The fraction of sp³-hybridized carbons (Fsp3) is 0.635. The summed E-state index contributed by atoms with van der Waals surface area (Å²) in [6.45, 7) is 18.3. The topological polar surface area (TPSA) is 326 Å². The van der Waals surface area contributed by atoms with Gasteiger partial charge < -0.3 is 65.0 Å². The summed E-state index contributed by atoms with van der Waals surface area (Å²) >= 11 is 1.07. The van der Waals surface area contributed by atoms with Gasteiger partial charge in [-0.1, -0.05) is 53.7 Å². The summed E-state index contributed by atoms with van der Waals surface area (Å²) in [5.74, 6) is -2.16. The molecule has 4 rings (SSSR count). The number of aromatic nitrogens is 1. The van der Waals surface area contributed by atoms with Gasteiger partial charge >= 0.3 is 17.9 Å². The normalized spacial score (nSPS) is 20.2. The van der Waals surface area contributed by atoms with Crippen molar-refractivity contribution in [2.75, 3.05) is 91.9 Å². The number of thiazole rings is 1. The highest BCUT2D eigenvalue weighted by atomic mass is 32.1. The molecule has 25 nitrogen and oxygen atoms in total. The number of carboxylic acids is 1. The maximum absolute atomic E-state index is 14.4. The second-order valence-electron chi connectivity index (χ2n) is 23.0. The third-order valence-corrected chi connectivity index (χ3v) is 16.0. The van der Waals surface area contributed by atoms with E-state index >= 15 is 0 Å². The van der Waals surface area contributed by atoms with Crippen LogP contribution in [0.3, 0.4) is 0 Å². The summed E-state index contributed by atoms with van der Waals surface area (Å²) in [4.78, 5) is 140. The van der Waals surface area contributed by atoms with E-state index < -0.39 is 83.4 Å². The van der Waals surface area contributed by atoms with Crippen LogP contribution in [0.4, 0.5) is 5.69 Å². The van der Waals surface area contributed by atoms with Gasteiger partial charge in [-0.05, 0) is 81.7 Å². The Bertz CT molecular complexity index is 2800. The van der Waals surface area contributed by atoms with E-state index in [-0.39, 0.29) is 156 Å². The van der Waals surface area contributed by atoms with Crippen molar-refractivity contribution >= 4 is 76.0 Å². The number of hydrogen-bond acceptors (Lipinski definition) is 20. The van der Waals surface area contributed by atoms with E-state index in [9.17, 15) is 53.1 Å². The van der Waals surface area contributed by atoms with Crippen molar-refractivity contribution < 1.29 is 81.5 Å². The average Bonchev–Trinajstić information content (AvgIpc) is 3.68. The van der Waals surface area contributed by atoms with E-state index in [2.05, 4.69) is 54.9 Å². The molecular formula is C63H92N8O17S. The molecule has 3 heterocycles. The summed E-state index contributed by atoms with van der Waals surface area (Å²) < 4.78 is 33.6. The molecule has 492 valence electrons. The average molecular weight is 1270 g/mol. The van der Waals surface area contributed by atoms with E-state index in [1.165, 1.54) is 38.3 Å². The Morgan fingerprint density at radius 2 is 1.52 bits per heavy atom. The van der Waals surface area contributed by atoms with Crippen LogP contribution in [0, 0.1) is 35.5 Å². The van der Waals surface area contributed by atoms with Crippen molar-refractivity contribution in [1.29, 1.82) is 0 Å². The van der Waals surface area contributed by atoms with Gasteiger partial charge in [-0.15, -0.1) is 11.3 Å². The standard InChI is InChI=1S/C63H92N8O17S/c1-39(2)47(36-53(74)50-13-11-12-24-70(50)9)62(80)71(10)51(40(3)4)37-55(87-44(8)72)61-69-49(38-89-61)60(79)67-46(33-41(5)63(81)82)34-45-15-17-54-48(35-45)68-57(76)19-16-52(73)43(7)66-58(77)20-25-83-29-31-85-27-22-64-42(6)14-18-56(75)65-23-28-86-32-30-84-26-21-59(78)88-54/h15,17,35,38-41,43,46-47,50-51,55,64H,6,11-13,16,19-34,36-37H2,1-5,7-10H3,(H,65,75)(H,66,77)(H,67,79)(H,68,76)(H,81,82)/t41?,43?,46-,47+,50-,51-,55-/m1/s1. The number of carbonyl (C=O) groups excluding carboxylic acids is 9. The maximum Gasteiger partial charge on any atom is 0.313 e. The van der Waals surface area contributed by atoms with Gasteiger partial charge in [-0.3, -0.25) is 52.8 Å². The van der Waals surface area contributed by atoms with Crippen LogP contribution < -0.4 is 31.3 Å². The fourth-order valence-electron chi connectivity index (χ4n) is 9.99. The first-order chi connectivity index (χ1) is 42.3. The van der Waals surface area contributed by atoms with Gasteiger partial charge in [0.2, 0.25) is 17.7 Å². The van der Waals surface area contributed by atoms with Gasteiger partial charge in [0, 0.05) is 88.5 Å². The number of piperidine rings is 1. The van der Waals surface area contributed by atoms with Gasteiger partial charge in [0.15, 0.2) is 23.4 Å². The highest BCUT2D eigenvalue weighted by Gasteiger charge is 2.37. The number of fused-ring (bicyclic) bond motifs is 1. The van der Waals surface area contributed by atoms with Gasteiger partial charge in [0.1, 0.15) is 10.7 Å². The first-order valence-corrected chi connectivity index (χ1v) is 31.4. The largest absolute Gasteiger partial charge is 0.481 e. The second-order valence-corrected chi connectivity index (χ2v) is 23.9. The monoisotopic (exact) mass is 1260 g/mol. The smallest absolute Gasteiger partial charge is 0.313 e. The van der Waals surface area contributed by atoms with Crippen LogP contribution in [0.2, 0.25) is 0 Å². The highest BCUT2D eigenvalue weighted by Crippen LogP contribution is 2.33. The number of rotatable bonds is 18. The molecule has 1 aromatic heterocycles. The number of carbonyl (C=O) groups is 10. The van der Waals surface area contributed by atoms with Crippen molar-refractivity contribution in [2.45, 2.75) is 149 Å². The molecule has 0 bridgehead atoms. The zero-order valence-corrected chi connectivity index (χ0v) is 53.8. The molecule has 5 amide bonds. The van der Waals surface area contributed by atoms with Gasteiger partial charge in [-0.2, -0.15) is 0 Å². The molecule has 0 aliphatic carbocycles. The number of amides is 5. The maximum atomic E-state index is 14.4. The van der Waals surface area contributed by atoms with E-state index in [0.29, 0.717) is 24.4 Å². The van der Waals surface area contributed by atoms with Crippen molar-refractivity contribution in [3.05, 3.63) is 52.1 Å². The number of likely N-dealkylation sites (N-methyl/N-ethyl adjacent to an activating group) is 1. The molecule has 89 heavy (non-hydrogen) atoms. The summed E-state index contributed by atoms with van der Waals surface area (Å²) in [5.41, 5.74) is 0.770. The number of Topliss-reactive ketones (excluding diaryl/α,β-unsaturated/α-hetero) is 2. The Morgan fingerprint density at radius 3 is 2.16 bits per heavy atom. The van der Waals surface area contributed by atoms with Crippen LogP contribution in [0.25, 0.3) is 0 Å². The zero-order chi connectivity index (χ0) is 65.6. The number of esters is 2. The first kappa shape index (κ1) is 74.3. The molecule has 0 saturated carbocycles. The van der Waals surface area contributed by atoms with Crippen molar-refractivity contribution in [3.63, 3.8) is 0 Å². The molecule has 1 aromatic carbocycles.